The predicted molar refractivity (Wildman–Crippen MR) is 104 cm³/mol. The molecule has 1 heterocycles. The standard InChI is InChI=1S/C21H23BrFNO2/c22-12-1-2-14-3-5-16(6-4-14)20-19(21(26)24-20)18(11-13-25)15-7-9-17(23)10-8-15/h3-10,18-20,25H,1-2,11-13H2,(H,24,26)/t18?,19-,20-/m1/s1. The molecule has 1 unspecified atom stereocenters. The van der Waals surface area contributed by atoms with Gasteiger partial charge < -0.3 is 10.4 Å². The highest BCUT2D eigenvalue weighted by molar-refractivity contribution is 9.09. The van der Waals surface area contributed by atoms with Crippen LogP contribution in [0, 0.1) is 11.7 Å². The molecule has 2 aromatic carbocycles. The first kappa shape index (κ1) is 19.1. The molecule has 0 radical (unpaired) electrons. The van der Waals surface area contributed by atoms with Gasteiger partial charge in [-0.15, -0.1) is 0 Å². The van der Waals surface area contributed by atoms with E-state index in [-0.39, 0.29) is 36.2 Å². The average Bonchev–Trinajstić information content (AvgIpc) is 2.65. The maximum absolute atomic E-state index is 13.2. The number of aliphatic hydroxyl groups is 1. The Hall–Kier alpha value is -1.72. The molecule has 3 rings (SSSR count). The van der Waals surface area contributed by atoms with Gasteiger partial charge in [-0.25, -0.2) is 4.39 Å². The van der Waals surface area contributed by atoms with Gasteiger partial charge >= 0.3 is 0 Å². The molecule has 0 saturated carbocycles. The Morgan fingerprint density at radius 2 is 1.81 bits per heavy atom. The summed E-state index contributed by atoms with van der Waals surface area (Å²) in [5.74, 6) is -0.695. The van der Waals surface area contributed by atoms with Gasteiger partial charge in [0.05, 0.1) is 12.0 Å². The molecule has 2 aromatic rings. The first-order valence-corrected chi connectivity index (χ1v) is 10.1. The number of hydrogen-bond acceptors (Lipinski definition) is 2. The second-order valence-electron chi connectivity index (χ2n) is 6.72. The van der Waals surface area contributed by atoms with Crippen molar-refractivity contribution in [1.82, 2.24) is 5.32 Å². The molecule has 26 heavy (non-hydrogen) atoms. The van der Waals surface area contributed by atoms with Crippen LogP contribution in [0.15, 0.2) is 48.5 Å². The number of aliphatic hydroxyl groups excluding tert-OH is 1. The monoisotopic (exact) mass is 419 g/mol. The number of β-lactam (4-membered cyclic amide) rings is 1. The minimum Gasteiger partial charge on any atom is -0.396 e. The van der Waals surface area contributed by atoms with E-state index in [4.69, 9.17) is 0 Å². The summed E-state index contributed by atoms with van der Waals surface area (Å²) in [6, 6.07) is 14.5. The van der Waals surface area contributed by atoms with Crippen molar-refractivity contribution in [2.24, 2.45) is 5.92 Å². The van der Waals surface area contributed by atoms with Crippen molar-refractivity contribution in [3.63, 3.8) is 0 Å². The number of halogens is 2. The second-order valence-corrected chi connectivity index (χ2v) is 7.51. The van der Waals surface area contributed by atoms with E-state index in [1.165, 1.54) is 17.7 Å². The topological polar surface area (TPSA) is 49.3 Å². The van der Waals surface area contributed by atoms with E-state index in [1.807, 2.05) is 0 Å². The number of aryl methyl sites for hydroxylation is 1. The van der Waals surface area contributed by atoms with Gasteiger partial charge in [-0.1, -0.05) is 52.3 Å². The lowest BCUT2D eigenvalue weighted by molar-refractivity contribution is -0.136. The number of carbonyl (C=O) groups is 1. The molecule has 1 aliphatic heterocycles. The minimum atomic E-state index is -0.301. The predicted octanol–water partition coefficient (Wildman–Crippen LogP) is 4.11. The molecule has 2 N–H and O–H groups in total. The number of nitrogens with one attached hydrogen (secondary N) is 1. The molecule has 3 atom stereocenters. The van der Waals surface area contributed by atoms with Crippen LogP contribution in [-0.2, 0) is 11.2 Å². The van der Waals surface area contributed by atoms with E-state index in [0.717, 1.165) is 29.3 Å². The molecule has 1 amide bonds. The van der Waals surface area contributed by atoms with E-state index in [9.17, 15) is 14.3 Å². The quantitative estimate of drug-likeness (QED) is 0.499. The molecule has 138 valence electrons. The molecule has 5 heteroatoms. The van der Waals surface area contributed by atoms with Crippen molar-refractivity contribution in [3.8, 4) is 0 Å². The second kappa shape index (κ2) is 8.78. The highest BCUT2D eigenvalue weighted by Crippen LogP contribution is 2.42. The molecule has 3 nitrogen and oxygen atoms in total. The average molecular weight is 420 g/mol. The van der Waals surface area contributed by atoms with Crippen LogP contribution in [-0.4, -0.2) is 23.0 Å². The van der Waals surface area contributed by atoms with Crippen molar-refractivity contribution in [1.29, 1.82) is 0 Å². The fourth-order valence-electron chi connectivity index (χ4n) is 3.67. The maximum atomic E-state index is 13.2. The van der Waals surface area contributed by atoms with Gasteiger partial charge in [-0.3, -0.25) is 4.79 Å². The molecule has 0 aromatic heterocycles. The van der Waals surface area contributed by atoms with Gasteiger partial charge in [0.25, 0.3) is 0 Å². The molecule has 0 spiro atoms. The minimum absolute atomic E-state index is 0.00990. The molecule has 0 bridgehead atoms. The number of amides is 1. The van der Waals surface area contributed by atoms with E-state index in [1.54, 1.807) is 12.1 Å². The zero-order chi connectivity index (χ0) is 18.5. The molecular formula is C21H23BrFNO2. The highest BCUT2D eigenvalue weighted by Gasteiger charge is 2.45. The lowest BCUT2D eigenvalue weighted by Crippen LogP contribution is -2.54. The summed E-state index contributed by atoms with van der Waals surface area (Å²) in [7, 11) is 0. The Bertz CT molecular complexity index is 733. The lowest BCUT2D eigenvalue weighted by Gasteiger charge is -2.42. The third kappa shape index (κ3) is 4.15. The zero-order valence-corrected chi connectivity index (χ0v) is 16.1. The Morgan fingerprint density at radius 1 is 1.12 bits per heavy atom. The summed E-state index contributed by atoms with van der Waals surface area (Å²) < 4.78 is 13.2. The van der Waals surface area contributed by atoms with Crippen LogP contribution in [0.2, 0.25) is 0 Å². The smallest absolute Gasteiger partial charge is 0.226 e. The van der Waals surface area contributed by atoms with Crippen LogP contribution in [0.5, 0.6) is 0 Å². The number of alkyl halides is 1. The molecule has 0 aliphatic carbocycles. The van der Waals surface area contributed by atoms with Gasteiger partial charge in [0, 0.05) is 11.9 Å². The van der Waals surface area contributed by atoms with E-state index in [2.05, 4.69) is 45.5 Å². The van der Waals surface area contributed by atoms with Crippen molar-refractivity contribution in [3.05, 3.63) is 71.0 Å². The van der Waals surface area contributed by atoms with Crippen LogP contribution >= 0.6 is 15.9 Å². The number of rotatable bonds is 8. The van der Waals surface area contributed by atoms with Crippen molar-refractivity contribution in [2.45, 2.75) is 31.2 Å². The summed E-state index contributed by atoms with van der Waals surface area (Å²) in [6.45, 7) is -0.00990. The SMILES string of the molecule is O=C1N[C@H](c2ccc(CCCBr)cc2)[C@H]1C(CCO)c1ccc(F)cc1. The maximum Gasteiger partial charge on any atom is 0.226 e. The van der Waals surface area contributed by atoms with Crippen molar-refractivity contribution >= 4 is 21.8 Å². The van der Waals surface area contributed by atoms with Crippen molar-refractivity contribution < 1.29 is 14.3 Å². The molecule has 1 fully saturated rings. The Kier molecular flexibility index (Phi) is 6.43. The van der Waals surface area contributed by atoms with Crippen LogP contribution in [0.3, 0.4) is 0 Å². The first-order chi connectivity index (χ1) is 12.6. The number of hydrogen-bond donors (Lipinski definition) is 2. The molecule has 1 aliphatic rings. The van der Waals surface area contributed by atoms with Crippen LogP contribution in [0.1, 0.15) is 41.5 Å². The normalized spacial score (nSPS) is 20.3. The lowest BCUT2D eigenvalue weighted by atomic mass is 9.72. The summed E-state index contributed by atoms with van der Waals surface area (Å²) in [4.78, 5) is 12.3. The van der Waals surface area contributed by atoms with Gasteiger partial charge in [0.15, 0.2) is 0 Å². The van der Waals surface area contributed by atoms with Crippen molar-refractivity contribution in [2.75, 3.05) is 11.9 Å². The largest absolute Gasteiger partial charge is 0.396 e. The van der Waals surface area contributed by atoms with E-state index < -0.39 is 0 Å². The fourth-order valence-corrected chi connectivity index (χ4v) is 3.95. The fraction of sp³-hybridized carbons (Fsp3) is 0.381. The Balaban J connectivity index is 1.80. The van der Waals surface area contributed by atoms with Gasteiger partial charge in [0.2, 0.25) is 5.91 Å². The first-order valence-electron chi connectivity index (χ1n) is 8.95. The Morgan fingerprint density at radius 3 is 2.38 bits per heavy atom. The summed E-state index contributed by atoms with van der Waals surface area (Å²) in [5.41, 5.74) is 3.24. The third-order valence-corrected chi connectivity index (χ3v) is 5.63. The third-order valence-electron chi connectivity index (χ3n) is 5.07. The van der Waals surface area contributed by atoms with Crippen LogP contribution in [0.25, 0.3) is 0 Å². The van der Waals surface area contributed by atoms with Gasteiger partial charge in [-0.05, 0) is 54.0 Å². The zero-order valence-electron chi connectivity index (χ0n) is 14.5. The Labute approximate surface area is 161 Å². The van der Waals surface area contributed by atoms with E-state index in [0.29, 0.717) is 6.42 Å². The summed E-state index contributed by atoms with van der Waals surface area (Å²) in [6.07, 6.45) is 2.59. The van der Waals surface area contributed by atoms with E-state index >= 15 is 0 Å². The summed E-state index contributed by atoms with van der Waals surface area (Å²) >= 11 is 3.45. The molecular weight excluding hydrogens is 397 g/mol. The number of carbonyl (C=O) groups excluding carboxylic acids is 1. The van der Waals surface area contributed by atoms with Gasteiger partial charge in [-0.2, -0.15) is 0 Å². The summed E-state index contributed by atoms with van der Waals surface area (Å²) in [5, 5.41) is 13.4. The molecule has 1 saturated heterocycles. The van der Waals surface area contributed by atoms with Gasteiger partial charge in [0.1, 0.15) is 5.82 Å². The highest BCUT2D eigenvalue weighted by atomic mass is 79.9. The number of benzene rings is 2. The van der Waals surface area contributed by atoms with Crippen LogP contribution in [0.4, 0.5) is 4.39 Å². The van der Waals surface area contributed by atoms with Crippen LogP contribution < -0.4 is 5.32 Å².